The van der Waals surface area contributed by atoms with Gasteiger partial charge >= 0.3 is 5.97 Å². The second kappa shape index (κ2) is 6.29. The summed E-state index contributed by atoms with van der Waals surface area (Å²) in [5, 5.41) is 10.1. The third-order valence-electron chi connectivity index (χ3n) is 5.88. The highest BCUT2D eigenvalue weighted by atomic mass is 16.5. The molecule has 3 aliphatic carbocycles. The van der Waals surface area contributed by atoms with E-state index in [1.165, 1.54) is 11.1 Å². The van der Waals surface area contributed by atoms with Gasteiger partial charge in [-0.3, -0.25) is 4.79 Å². The second-order valence-corrected chi connectivity index (χ2v) is 7.85. The van der Waals surface area contributed by atoms with Crippen LogP contribution in [0.15, 0.2) is 48.5 Å². The van der Waals surface area contributed by atoms with Gasteiger partial charge in [0.2, 0.25) is 0 Å². The van der Waals surface area contributed by atoms with Crippen LogP contribution >= 0.6 is 0 Å². The van der Waals surface area contributed by atoms with Crippen molar-refractivity contribution in [3.8, 4) is 6.07 Å². The Labute approximate surface area is 154 Å². The number of carbonyl (C=O) groups is 1. The normalized spacial score (nSPS) is 25.3. The van der Waals surface area contributed by atoms with E-state index in [0.29, 0.717) is 18.9 Å². The molecule has 2 aromatic rings. The average molecular weight is 345 g/mol. The third-order valence-corrected chi connectivity index (χ3v) is 5.88. The maximum atomic E-state index is 13.1. The van der Waals surface area contributed by atoms with Crippen molar-refractivity contribution in [2.45, 2.75) is 38.5 Å². The van der Waals surface area contributed by atoms with Gasteiger partial charge in [-0.25, -0.2) is 0 Å². The Hall–Kier alpha value is -2.60. The van der Waals surface area contributed by atoms with Gasteiger partial charge in [0, 0.05) is 11.8 Å². The van der Waals surface area contributed by atoms with Crippen molar-refractivity contribution >= 4 is 5.97 Å². The van der Waals surface area contributed by atoms with Crippen LogP contribution in [0.4, 0.5) is 0 Å². The molecular formula is C23H23NO2. The minimum absolute atomic E-state index is 0.0738. The second-order valence-electron chi connectivity index (χ2n) is 7.85. The van der Waals surface area contributed by atoms with Crippen LogP contribution in [-0.2, 0) is 9.53 Å². The number of benzene rings is 2. The summed E-state index contributed by atoms with van der Waals surface area (Å²) in [5.74, 6) is -0.0779. The molecule has 0 heterocycles. The lowest BCUT2D eigenvalue weighted by atomic mass is 9.52. The van der Waals surface area contributed by atoms with E-state index in [9.17, 15) is 10.1 Å². The van der Waals surface area contributed by atoms with Crippen LogP contribution < -0.4 is 0 Å². The molecule has 2 bridgehead atoms. The predicted molar refractivity (Wildman–Crippen MR) is 99.6 cm³/mol. The van der Waals surface area contributed by atoms with Crippen molar-refractivity contribution < 1.29 is 9.53 Å². The Bertz CT molecular complexity index is 848. The zero-order valence-electron chi connectivity index (χ0n) is 15.2. The first kappa shape index (κ1) is 16.8. The molecule has 0 saturated heterocycles. The summed E-state index contributed by atoms with van der Waals surface area (Å²) in [6.07, 6.45) is 1.32. The van der Waals surface area contributed by atoms with Crippen molar-refractivity contribution in [1.82, 2.24) is 0 Å². The topological polar surface area (TPSA) is 50.1 Å². The van der Waals surface area contributed by atoms with E-state index < -0.39 is 5.41 Å². The summed E-state index contributed by atoms with van der Waals surface area (Å²) in [6.45, 7) is 4.58. The Morgan fingerprint density at radius 3 is 2.15 bits per heavy atom. The molecule has 132 valence electrons. The number of esters is 1. The fourth-order valence-electron chi connectivity index (χ4n) is 4.58. The summed E-state index contributed by atoms with van der Waals surface area (Å²) in [5.41, 5.74) is 3.56. The summed E-state index contributed by atoms with van der Waals surface area (Å²) in [7, 11) is 0. The highest BCUT2D eigenvalue weighted by molar-refractivity contribution is 5.85. The number of hydrogen-bond acceptors (Lipinski definition) is 3. The van der Waals surface area contributed by atoms with Gasteiger partial charge in [-0.05, 0) is 41.0 Å². The smallest absolute Gasteiger partial charge is 0.327 e. The van der Waals surface area contributed by atoms with Crippen molar-refractivity contribution in [1.29, 1.82) is 5.26 Å². The third kappa shape index (κ3) is 2.36. The molecule has 0 fully saturated rings. The van der Waals surface area contributed by atoms with E-state index in [2.05, 4.69) is 44.2 Å². The molecule has 0 saturated carbocycles. The van der Waals surface area contributed by atoms with Crippen molar-refractivity contribution in [2.75, 3.05) is 6.61 Å². The maximum Gasteiger partial charge on any atom is 0.327 e. The molecule has 3 heteroatoms. The first-order valence-electron chi connectivity index (χ1n) is 9.34. The molecular weight excluding hydrogens is 322 g/mol. The highest BCUT2D eigenvalue weighted by Crippen LogP contribution is 2.61. The van der Waals surface area contributed by atoms with E-state index >= 15 is 0 Å². The van der Waals surface area contributed by atoms with Gasteiger partial charge < -0.3 is 4.74 Å². The number of rotatable bonds is 4. The van der Waals surface area contributed by atoms with Gasteiger partial charge in [-0.2, -0.15) is 5.26 Å². The Morgan fingerprint density at radius 2 is 1.65 bits per heavy atom. The van der Waals surface area contributed by atoms with Crippen LogP contribution in [0.25, 0.3) is 0 Å². The predicted octanol–water partition coefficient (Wildman–Crippen LogP) is 4.77. The van der Waals surface area contributed by atoms with Gasteiger partial charge in [-0.15, -0.1) is 0 Å². The summed E-state index contributed by atoms with van der Waals surface area (Å²) < 4.78 is 5.61. The van der Waals surface area contributed by atoms with Gasteiger partial charge in [0.05, 0.1) is 12.7 Å². The summed E-state index contributed by atoms with van der Waals surface area (Å²) in [4.78, 5) is 13.1. The molecule has 0 spiro atoms. The van der Waals surface area contributed by atoms with Crippen LogP contribution in [0.2, 0.25) is 0 Å². The molecule has 0 radical (unpaired) electrons. The lowest BCUT2D eigenvalue weighted by molar-refractivity contribution is -0.154. The zero-order valence-corrected chi connectivity index (χ0v) is 15.2. The molecule has 3 nitrogen and oxygen atoms in total. The molecule has 0 aromatic heterocycles. The van der Waals surface area contributed by atoms with Crippen molar-refractivity contribution in [3.05, 3.63) is 70.8 Å². The summed E-state index contributed by atoms with van der Waals surface area (Å²) >= 11 is 0. The Kier molecular flexibility index (Phi) is 4.07. The molecule has 3 aliphatic rings. The van der Waals surface area contributed by atoms with Gasteiger partial charge in [0.1, 0.15) is 0 Å². The monoisotopic (exact) mass is 345 g/mol. The van der Waals surface area contributed by atoms with Gasteiger partial charge in [0.25, 0.3) is 0 Å². The molecule has 0 amide bonds. The van der Waals surface area contributed by atoms with Crippen LogP contribution in [-0.4, -0.2) is 12.6 Å². The molecule has 5 rings (SSSR count). The number of fused-ring (bicyclic) bond motifs is 1. The largest absolute Gasteiger partial charge is 0.464 e. The minimum Gasteiger partial charge on any atom is -0.464 e. The van der Waals surface area contributed by atoms with Crippen LogP contribution in [0.3, 0.4) is 0 Å². The van der Waals surface area contributed by atoms with Crippen LogP contribution in [0.1, 0.15) is 60.8 Å². The van der Waals surface area contributed by atoms with Gasteiger partial charge in [-0.1, -0.05) is 62.4 Å². The number of hydrogen-bond donors (Lipinski definition) is 0. The summed E-state index contributed by atoms with van der Waals surface area (Å²) in [6, 6.07) is 18.9. The average Bonchev–Trinajstić information content (AvgIpc) is 2.67. The van der Waals surface area contributed by atoms with Crippen molar-refractivity contribution in [2.24, 2.45) is 11.3 Å². The van der Waals surface area contributed by atoms with E-state index in [1.807, 2.05) is 24.3 Å². The molecule has 26 heavy (non-hydrogen) atoms. The molecule has 0 N–H and O–H groups in total. The highest BCUT2D eigenvalue weighted by Gasteiger charge is 2.58. The maximum absolute atomic E-state index is 13.1. The van der Waals surface area contributed by atoms with Crippen LogP contribution in [0.5, 0.6) is 0 Å². The minimum atomic E-state index is -1.13. The van der Waals surface area contributed by atoms with Gasteiger partial charge in [0.15, 0.2) is 5.41 Å². The SMILES string of the molecule is CC(C)CCOC(=O)C1(C#N)CC2c3ccccc3C1c1ccccc12. The number of ether oxygens (including phenoxy) is 1. The van der Waals surface area contributed by atoms with E-state index in [0.717, 1.165) is 17.5 Å². The van der Waals surface area contributed by atoms with E-state index in [4.69, 9.17) is 4.74 Å². The molecule has 1 unspecified atom stereocenters. The molecule has 1 atom stereocenters. The number of nitrogens with zero attached hydrogens (tertiary/aromatic N) is 1. The Morgan fingerprint density at radius 1 is 1.12 bits per heavy atom. The van der Waals surface area contributed by atoms with Crippen molar-refractivity contribution in [3.63, 3.8) is 0 Å². The van der Waals surface area contributed by atoms with Crippen LogP contribution in [0, 0.1) is 22.7 Å². The van der Waals surface area contributed by atoms with E-state index in [-0.39, 0.29) is 17.8 Å². The van der Waals surface area contributed by atoms with E-state index in [1.54, 1.807) is 0 Å². The lowest BCUT2D eigenvalue weighted by Gasteiger charge is -2.48. The molecule has 0 aliphatic heterocycles. The molecule has 2 aromatic carbocycles. The lowest BCUT2D eigenvalue weighted by Crippen LogP contribution is -2.46. The number of carbonyl (C=O) groups excluding carboxylic acids is 1. The first-order chi connectivity index (χ1) is 12.6. The Balaban J connectivity index is 1.79. The first-order valence-corrected chi connectivity index (χ1v) is 9.34. The zero-order chi connectivity index (χ0) is 18.3. The fraction of sp³-hybridized carbons (Fsp3) is 0.391. The number of nitriles is 1. The quantitative estimate of drug-likeness (QED) is 0.750. The standard InChI is InChI=1S/C23H23NO2/c1-15(2)11-12-26-22(25)23(14-24)13-20-16-7-3-5-9-18(16)21(23)19-10-6-4-8-17(19)20/h3-10,15,20-21H,11-13H2,1-2H3. The fourth-order valence-corrected chi connectivity index (χ4v) is 4.58.